The lowest BCUT2D eigenvalue weighted by Crippen LogP contribution is -2.42. The molecule has 5 rings (SSSR count). The van der Waals surface area contributed by atoms with Crippen molar-refractivity contribution in [1.82, 2.24) is 4.31 Å². The van der Waals surface area contributed by atoms with E-state index in [9.17, 15) is 4.79 Å². The lowest BCUT2D eigenvalue weighted by atomic mass is 9.87. The van der Waals surface area contributed by atoms with Gasteiger partial charge in [-0.1, -0.05) is 35.9 Å². The first-order valence-electron chi connectivity index (χ1n) is 14.2. The summed E-state index contributed by atoms with van der Waals surface area (Å²) in [5.74, 6) is 3.01. The van der Waals surface area contributed by atoms with Crippen molar-refractivity contribution in [2.24, 2.45) is 0 Å². The third-order valence-corrected chi connectivity index (χ3v) is 8.72. The molecule has 2 aromatic rings. The summed E-state index contributed by atoms with van der Waals surface area (Å²) in [6.07, 6.45) is 5.10. The zero-order chi connectivity index (χ0) is 29.9. The second-order valence-electron chi connectivity index (χ2n) is 11.3. The molecule has 1 unspecified atom stereocenters. The number of methoxy groups -OCH3 is 2. The summed E-state index contributed by atoms with van der Waals surface area (Å²) < 4.78 is 31.2. The van der Waals surface area contributed by atoms with Crippen LogP contribution in [-0.2, 0) is 30.0 Å². The average Bonchev–Trinajstić information content (AvgIpc) is 2.99. The van der Waals surface area contributed by atoms with Crippen molar-refractivity contribution in [1.29, 1.82) is 0 Å². The lowest BCUT2D eigenvalue weighted by molar-refractivity contribution is -0.164. The molecular weight excluding hydrogens is 556 g/mol. The number of ether oxygens (including phenoxy) is 4. The fourth-order valence-electron chi connectivity index (χ4n) is 5.88. The minimum absolute atomic E-state index is 0.00674. The lowest BCUT2D eigenvalue weighted by Gasteiger charge is -2.43. The normalized spacial score (nSPS) is 19.5. The molecule has 1 amide bonds. The first-order valence-corrected chi connectivity index (χ1v) is 14.9. The van der Waals surface area contributed by atoms with Gasteiger partial charge in [-0.05, 0) is 51.3 Å². The van der Waals surface area contributed by atoms with Crippen molar-refractivity contribution in [3.63, 3.8) is 0 Å². The molecule has 2 aromatic carbocycles. The van der Waals surface area contributed by atoms with E-state index in [0.717, 1.165) is 58.9 Å². The van der Waals surface area contributed by atoms with Gasteiger partial charge in [0.1, 0.15) is 35.1 Å². The molecule has 0 saturated heterocycles. The van der Waals surface area contributed by atoms with Crippen molar-refractivity contribution in [2.75, 3.05) is 39.4 Å². The predicted molar refractivity (Wildman–Crippen MR) is 162 cm³/mol. The first kappa shape index (κ1) is 30.3. The third kappa shape index (κ3) is 6.41. The highest BCUT2D eigenvalue weighted by molar-refractivity contribution is 7.92. The van der Waals surface area contributed by atoms with Crippen molar-refractivity contribution in [3.8, 4) is 11.5 Å². The van der Waals surface area contributed by atoms with Gasteiger partial charge < -0.3 is 23.8 Å². The summed E-state index contributed by atoms with van der Waals surface area (Å²) in [4.78, 5) is 20.1. The standard InChI is InChI=1S/C32H40N2O7S/c1-21-30-24(26(18-32(2,3)40-30)34(42-41-38-6)19-23-10-8-7-9-11-23)17-25-31(21)39-20-29(35)33(25)15-14-22-12-13-27(36-4)28(16-22)37-5/h7-11,16-17,26H,12-15,18-20H2,1-6H3. The number of benzene rings is 2. The van der Waals surface area contributed by atoms with Gasteiger partial charge in [-0.2, -0.15) is 0 Å². The van der Waals surface area contributed by atoms with Crippen molar-refractivity contribution in [2.45, 2.75) is 64.6 Å². The highest BCUT2D eigenvalue weighted by Gasteiger charge is 2.41. The van der Waals surface area contributed by atoms with E-state index in [1.165, 1.54) is 24.9 Å². The van der Waals surface area contributed by atoms with Gasteiger partial charge in [-0.3, -0.25) is 4.79 Å². The van der Waals surface area contributed by atoms with Crippen LogP contribution >= 0.6 is 12.2 Å². The van der Waals surface area contributed by atoms with Crippen LogP contribution in [0.5, 0.6) is 11.5 Å². The summed E-state index contributed by atoms with van der Waals surface area (Å²) in [5.41, 5.74) is 4.57. The Bertz CT molecular complexity index is 1360. The van der Waals surface area contributed by atoms with Crippen LogP contribution < -0.4 is 14.4 Å². The fraction of sp³-hybridized carbons (Fsp3) is 0.469. The molecule has 1 atom stereocenters. The van der Waals surface area contributed by atoms with Crippen LogP contribution in [-0.4, -0.2) is 50.3 Å². The first-order chi connectivity index (χ1) is 20.2. The van der Waals surface area contributed by atoms with Crippen LogP contribution in [0.25, 0.3) is 0 Å². The van der Waals surface area contributed by atoms with E-state index >= 15 is 0 Å². The summed E-state index contributed by atoms with van der Waals surface area (Å²) in [7, 11) is 4.82. The molecule has 0 N–H and O–H groups in total. The third-order valence-electron chi connectivity index (χ3n) is 7.95. The summed E-state index contributed by atoms with van der Waals surface area (Å²) >= 11 is 1.18. The highest BCUT2D eigenvalue weighted by Crippen LogP contribution is 2.52. The number of rotatable bonds is 11. The molecule has 0 spiro atoms. The maximum absolute atomic E-state index is 13.3. The average molecular weight is 597 g/mol. The summed E-state index contributed by atoms with van der Waals surface area (Å²) in [6.45, 7) is 7.35. The Hall–Kier alpha value is -3.18. The summed E-state index contributed by atoms with van der Waals surface area (Å²) in [6, 6.07) is 12.2. The van der Waals surface area contributed by atoms with Crippen molar-refractivity contribution >= 4 is 23.8 Å². The van der Waals surface area contributed by atoms with Gasteiger partial charge in [-0.25, -0.2) is 9.19 Å². The number of allylic oxidation sites excluding steroid dienone is 2. The topological polar surface area (TPSA) is 78.9 Å². The molecule has 226 valence electrons. The molecule has 0 saturated carbocycles. The molecule has 2 aliphatic heterocycles. The van der Waals surface area contributed by atoms with Gasteiger partial charge in [-0.15, -0.1) is 4.33 Å². The molecule has 9 nitrogen and oxygen atoms in total. The molecule has 10 heteroatoms. The van der Waals surface area contributed by atoms with E-state index in [-0.39, 0.29) is 18.6 Å². The fourth-order valence-corrected chi connectivity index (χ4v) is 6.52. The van der Waals surface area contributed by atoms with Crippen LogP contribution in [0.1, 0.15) is 62.3 Å². The molecule has 42 heavy (non-hydrogen) atoms. The van der Waals surface area contributed by atoms with E-state index < -0.39 is 5.60 Å². The maximum Gasteiger partial charge on any atom is 0.265 e. The van der Waals surface area contributed by atoms with E-state index in [4.69, 9.17) is 28.2 Å². The minimum Gasteiger partial charge on any atom is -0.497 e. The number of carbonyl (C=O) groups excluding carboxylic acids is 1. The maximum atomic E-state index is 13.3. The number of amides is 1. The Morgan fingerprint density at radius 3 is 2.60 bits per heavy atom. The molecule has 0 bridgehead atoms. The monoisotopic (exact) mass is 596 g/mol. The highest BCUT2D eigenvalue weighted by atomic mass is 32.2. The number of hydrogen-bond donors (Lipinski definition) is 0. The quantitative estimate of drug-likeness (QED) is 0.124. The van der Waals surface area contributed by atoms with Gasteiger partial charge in [0, 0.05) is 37.1 Å². The molecule has 2 heterocycles. The molecule has 3 aliphatic rings. The van der Waals surface area contributed by atoms with Crippen LogP contribution in [0.2, 0.25) is 0 Å². The Morgan fingerprint density at radius 2 is 1.88 bits per heavy atom. The number of fused-ring (bicyclic) bond motifs is 2. The summed E-state index contributed by atoms with van der Waals surface area (Å²) in [5, 5.41) is 0. The predicted octanol–water partition coefficient (Wildman–Crippen LogP) is 6.58. The van der Waals surface area contributed by atoms with Crippen LogP contribution in [0.4, 0.5) is 5.69 Å². The van der Waals surface area contributed by atoms with Gasteiger partial charge in [0.15, 0.2) is 12.4 Å². The number of hydrogen-bond acceptors (Lipinski definition) is 9. The Labute approximate surface area is 252 Å². The molecule has 0 radical (unpaired) electrons. The van der Waals surface area contributed by atoms with E-state index in [1.54, 1.807) is 14.2 Å². The second kappa shape index (κ2) is 13.0. The molecular formula is C32H40N2O7S. The second-order valence-corrected chi connectivity index (χ2v) is 12.1. The Kier molecular flexibility index (Phi) is 9.37. The van der Waals surface area contributed by atoms with Gasteiger partial charge in [0.2, 0.25) is 0 Å². The van der Waals surface area contributed by atoms with Crippen LogP contribution in [0.3, 0.4) is 0 Å². The van der Waals surface area contributed by atoms with Crippen molar-refractivity contribution in [3.05, 3.63) is 76.3 Å². The number of anilines is 1. The number of carbonyl (C=O) groups is 1. The Balaban J connectivity index is 1.50. The zero-order valence-electron chi connectivity index (χ0n) is 25.2. The molecule has 0 aromatic heterocycles. The van der Waals surface area contributed by atoms with E-state index in [0.29, 0.717) is 25.3 Å². The van der Waals surface area contributed by atoms with Crippen molar-refractivity contribution < 1.29 is 33.0 Å². The van der Waals surface area contributed by atoms with Gasteiger partial charge in [0.25, 0.3) is 5.91 Å². The molecule has 0 fully saturated rings. The largest absolute Gasteiger partial charge is 0.497 e. The Morgan fingerprint density at radius 1 is 1.10 bits per heavy atom. The molecule has 1 aliphatic carbocycles. The smallest absolute Gasteiger partial charge is 0.265 e. The van der Waals surface area contributed by atoms with Crippen LogP contribution in [0, 0.1) is 6.92 Å². The van der Waals surface area contributed by atoms with Crippen LogP contribution in [0.15, 0.2) is 59.6 Å². The minimum atomic E-state index is -0.440. The SMILES string of the molecule is COOSN(Cc1ccccc1)C1CC(C)(C)Oc2c1cc1c(c2C)OCC(=O)N1CCC1=CC(OC)=C(OC)CC1. The zero-order valence-corrected chi connectivity index (χ0v) is 26.0. The van der Waals surface area contributed by atoms with Gasteiger partial charge in [0.05, 0.1) is 33.1 Å². The van der Waals surface area contributed by atoms with E-state index in [2.05, 4.69) is 36.4 Å². The van der Waals surface area contributed by atoms with Gasteiger partial charge >= 0.3 is 0 Å². The van der Waals surface area contributed by atoms with E-state index in [1.807, 2.05) is 36.1 Å². The number of nitrogens with zero attached hydrogens (tertiary/aromatic N) is 2.